The van der Waals surface area contributed by atoms with Gasteiger partial charge in [0, 0.05) is 6.54 Å². The van der Waals surface area contributed by atoms with Gasteiger partial charge >= 0.3 is 5.97 Å². The van der Waals surface area contributed by atoms with Crippen LogP contribution in [-0.4, -0.2) is 47.0 Å². The number of hydrogen-bond donors (Lipinski definition) is 1. The molecule has 8 nitrogen and oxygen atoms in total. The van der Waals surface area contributed by atoms with Gasteiger partial charge in [0.1, 0.15) is 23.7 Å². The minimum absolute atomic E-state index is 0.209. The fraction of sp³-hybridized carbons (Fsp3) is 0.476. The van der Waals surface area contributed by atoms with Crippen LogP contribution in [0.25, 0.3) is 0 Å². The van der Waals surface area contributed by atoms with Crippen LogP contribution in [0.1, 0.15) is 43.9 Å². The van der Waals surface area contributed by atoms with Crippen LogP contribution >= 0.6 is 0 Å². The van der Waals surface area contributed by atoms with Gasteiger partial charge in [0.05, 0.1) is 24.9 Å². The lowest BCUT2D eigenvalue weighted by molar-refractivity contribution is -0.111. The van der Waals surface area contributed by atoms with E-state index in [0.717, 1.165) is 0 Å². The molecular weight excluding hydrogens is 374 g/mol. The molecule has 29 heavy (non-hydrogen) atoms. The summed E-state index contributed by atoms with van der Waals surface area (Å²) < 4.78 is 18.4. The Morgan fingerprint density at radius 1 is 1.28 bits per heavy atom. The zero-order valence-electron chi connectivity index (χ0n) is 17.4. The Balaban J connectivity index is 2.20. The molecule has 2 rings (SSSR count). The van der Waals surface area contributed by atoms with Gasteiger partial charge in [0.25, 0.3) is 0 Å². The molecular formula is C21H29N3O5. The van der Waals surface area contributed by atoms with Crippen molar-refractivity contribution in [2.75, 3.05) is 13.2 Å². The standard InChI is InChI=1S/C21H29N3O5/c1-5-27-20(26)19-11-16(14-28-17-9-7-6-8-10-17)23-24(19)13-18(12-22-15-25)29-21(2,3)4/h6-11,15,18H,5,12-14H2,1-4H3,(H,22,25). The van der Waals surface area contributed by atoms with E-state index in [1.807, 2.05) is 51.1 Å². The van der Waals surface area contributed by atoms with Crippen LogP contribution in [-0.2, 0) is 27.4 Å². The molecule has 1 atom stereocenters. The molecule has 0 aliphatic carbocycles. The molecule has 8 heteroatoms. The number of amides is 1. The maximum Gasteiger partial charge on any atom is 0.356 e. The zero-order valence-corrected chi connectivity index (χ0v) is 17.4. The Hall–Kier alpha value is -2.87. The predicted octanol–water partition coefficient (Wildman–Crippen LogP) is 2.57. The van der Waals surface area contributed by atoms with Crippen molar-refractivity contribution >= 4 is 12.4 Å². The Bertz CT molecular complexity index is 783. The first kappa shape index (κ1) is 22.4. The summed E-state index contributed by atoms with van der Waals surface area (Å²) in [4.78, 5) is 23.1. The van der Waals surface area contributed by atoms with E-state index in [1.54, 1.807) is 17.7 Å². The SMILES string of the molecule is CCOC(=O)c1cc(COc2ccccc2)nn1CC(CNC=O)OC(C)(C)C. The highest BCUT2D eigenvalue weighted by Crippen LogP contribution is 2.16. The van der Waals surface area contributed by atoms with Crippen LogP contribution in [0, 0.1) is 0 Å². The van der Waals surface area contributed by atoms with E-state index < -0.39 is 11.6 Å². The highest BCUT2D eigenvalue weighted by molar-refractivity contribution is 5.87. The summed E-state index contributed by atoms with van der Waals surface area (Å²) in [6, 6.07) is 11.0. The largest absolute Gasteiger partial charge is 0.487 e. The van der Waals surface area contributed by atoms with E-state index in [0.29, 0.717) is 30.1 Å². The Morgan fingerprint density at radius 2 is 2.00 bits per heavy atom. The number of carbonyl (C=O) groups excluding carboxylic acids is 2. The predicted molar refractivity (Wildman–Crippen MR) is 108 cm³/mol. The van der Waals surface area contributed by atoms with Gasteiger partial charge in [-0.2, -0.15) is 5.10 Å². The van der Waals surface area contributed by atoms with Crippen LogP contribution in [0.5, 0.6) is 5.75 Å². The van der Waals surface area contributed by atoms with Crippen LogP contribution in [0.3, 0.4) is 0 Å². The second-order valence-corrected chi connectivity index (χ2v) is 7.40. The maximum atomic E-state index is 12.4. The van der Waals surface area contributed by atoms with Crippen molar-refractivity contribution in [3.63, 3.8) is 0 Å². The molecule has 0 saturated heterocycles. The molecule has 0 saturated carbocycles. The number of nitrogens with one attached hydrogen (secondary N) is 1. The van der Waals surface area contributed by atoms with Crippen molar-refractivity contribution in [3.8, 4) is 5.75 Å². The van der Waals surface area contributed by atoms with E-state index in [2.05, 4.69) is 10.4 Å². The third kappa shape index (κ3) is 7.57. The molecule has 0 bridgehead atoms. The van der Waals surface area contributed by atoms with Gasteiger partial charge < -0.3 is 19.5 Å². The van der Waals surface area contributed by atoms with Gasteiger partial charge in [-0.25, -0.2) is 4.79 Å². The van der Waals surface area contributed by atoms with E-state index in [9.17, 15) is 9.59 Å². The molecule has 1 heterocycles. The number of benzene rings is 1. The minimum Gasteiger partial charge on any atom is -0.487 e. The summed E-state index contributed by atoms with van der Waals surface area (Å²) >= 11 is 0. The second-order valence-electron chi connectivity index (χ2n) is 7.40. The highest BCUT2D eigenvalue weighted by atomic mass is 16.5. The molecule has 158 valence electrons. The molecule has 0 aliphatic heterocycles. The first-order valence-electron chi connectivity index (χ1n) is 9.59. The molecule has 0 spiro atoms. The average molecular weight is 403 g/mol. The fourth-order valence-electron chi connectivity index (χ4n) is 2.74. The average Bonchev–Trinajstić information content (AvgIpc) is 3.07. The van der Waals surface area contributed by atoms with Gasteiger partial charge in [-0.15, -0.1) is 0 Å². The van der Waals surface area contributed by atoms with Crippen molar-refractivity contribution in [1.82, 2.24) is 15.1 Å². The fourth-order valence-corrected chi connectivity index (χ4v) is 2.74. The smallest absolute Gasteiger partial charge is 0.356 e. The monoisotopic (exact) mass is 403 g/mol. The van der Waals surface area contributed by atoms with E-state index in [-0.39, 0.29) is 25.9 Å². The lowest BCUT2D eigenvalue weighted by Crippen LogP contribution is -2.38. The number of hydrogen-bond acceptors (Lipinski definition) is 6. The third-order valence-corrected chi connectivity index (χ3v) is 3.77. The summed E-state index contributed by atoms with van der Waals surface area (Å²) in [6.45, 7) is 8.56. The van der Waals surface area contributed by atoms with Crippen molar-refractivity contribution in [3.05, 3.63) is 47.8 Å². The first-order chi connectivity index (χ1) is 13.8. The Labute approximate surface area is 171 Å². The number of para-hydroxylation sites is 1. The zero-order chi connectivity index (χ0) is 21.3. The normalized spacial score (nSPS) is 12.3. The van der Waals surface area contributed by atoms with Crippen molar-refractivity contribution in [2.24, 2.45) is 0 Å². The Morgan fingerprint density at radius 3 is 2.62 bits per heavy atom. The van der Waals surface area contributed by atoms with E-state index in [1.165, 1.54) is 0 Å². The molecule has 0 radical (unpaired) electrons. The summed E-state index contributed by atoms with van der Waals surface area (Å²) in [5, 5.41) is 7.13. The van der Waals surface area contributed by atoms with Crippen LogP contribution < -0.4 is 10.1 Å². The number of ether oxygens (including phenoxy) is 3. The Kier molecular flexibility index (Phi) is 8.21. The van der Waals surface area contributed by atoms with Crippen molar-refractivity contribution in [2.45, 2.75) is 52.6 Å². The molecule has 0 fully saturated rings. The van der Waals surface area contributed by atoms with Gasteiger partial charge in [0.15, 0.2) is 0 Å². The van der Waals surface area contributed by atoms with Crippen LogP contribution in [0.15, 0.2) is 36.4 Å². The number of rotatable bonds is 11. The number of carbonyl (C=O) groups is 2. The van der Waals surface area contributed by atoms with Crippen molar-refractivity contribution < 1.29 is 23.8 Å². The lowest BCUT2D eigenvalue weighted by Gasteiger charge is -2.27. The molecule has 0 aliphatic rings. The number of nitrogens with zero attached hydrogens (tertiary/aromatic N) is 2. The van der Waals surface area contributed by atoms with E-state index in [4.69, 9.17) is 14.2 Å². The molecule has 1 N–H and O–H groups in total. The minimum atomic E-state index is -0.469. The quantitative estimate of drug-likeness (QED) is 0.458. The van der Waals surface area contributed by atoms with Crippen LogP contribution in [0.4, 0.5) is 0 Å². The molecule has 2 aromatic rings. The van der Waals surface area contributed by atoms with Crippen molar-refractivity contribution in [1.29, 1.82) is 0 Å². The third-order valence-electron chi connectivity index (χ3n) is 3.77. The summed E-state index contributed by atoms with van der Waals surface area (Å²) in [5.74, 6) is 0.243. The number of aromatic nitrogens is 2. The topological polar surface area (TPSA) is 91.7 Å². The number of esters is 1. The molecule has 1 unspecified atom stereocenters. The van der Waals surface area contributed by atoms with Crippen LogP contribution in [0.2, 0.25) is 0 Å². The molecule has 1 aromatic heterocycles. The molecule has 1 amide bonds. The molecule has 1 aromatic carbocycles. The van der Waals surface area contributed by atoms with E-state index >= 15 is 0 Å². The highest BCUT2D eigenvalue weighted by Gasteiger charge is 2.23. The lowest BCUT2D eigenvalue weighted by atomic mass is 10.2. The van der Waals surface area contributed by atoms with Gasteiger partial charge in [-0.3, -0.25) is 9.48 Å². The van der Waals surface area contributed by atoms with Gasteiger partial charge in [-0.05, 0) is 45.9 Å². The summed E-state index contributed by atoms with van der Waals surface area (Å²) in [7, 11) is 0. The maximum absolute atomic E-state index is 12.4. The second kappa shape index (κ2) is 10.6. The summed E-state index contributed by atoms with van der Waals surface area (Å²) in [6.07, 6.45) is 0.240. The first-order valence-corrected chi connectivity index (χ1v) is 9.59. The van der Waals surface area contributed by atoms with Gasteiger partial charge in [0.2, 0.25) is 6.41 Å². The summed E-state index contributed by atoms with van der Waals surface area (Å²) in [5.41, 5.74) is 0.480. The van der Waals surface area contributed by atoms with Gasteiger partial charge in [-0.1, -0.05) is 18.2 Å².